The lowest BCUT2D eigenvalue weighted by Crippen LogP contribution is -2.23. The van der Waals surface area contributed by atoms with Crippen LogP contribution in [0.2, 0.25) is 0 Å². The third kappa shape index (κ3) is 1.24. The highest BCUT2D eigenvalue weighted by molar-refractivity contribution is 5.49. The normalized spacial score (nSPS) is 26.9. The molecule has 0 aliphatic carbocycles. The number of ether oxygens (including phenoxy) is 2. The van der Waals surface area contributed by atoms with Crippen molar-refractivity contribution in [3.8, 4) is 17.6 Å². The fourth-order valence-electron chi connectivity index (χ4n) is 1.42. The van der Waals surface area contributed by atoms with Crippen molar-refractivity contribution in [2.45, 2.75) is 12.2 Å². The van der Waals surface area contributed by atoms with Crippen molar-refractivity contribution >= 4 is 0 Å². The van der Waals surface area contributed by atoms with Crippen molar-refractivity contribution < 1.29 is 13.9 Å². The number of benzene rings is 1. The maximum atomic E-state index is 12.8. The van der Waals surface area contributed by atoms with E-state index >= 15 is 0 Å². The van der Waals surface area contributed by atoms with Gasteiger partial charge in [0, 0.05) is 0 Å². The monoisotopic (exact) mass is 190 g/mol. The molecule has 2 heterocycles. The first kappa shape index (κ1) is 7.84. The molecule has 2 atom stereocenters. The van der Waals surface area contributed by atoms with Crippen LogP contribution < -0.4 is 4.74 Å². The standard InChI is InChI=1S/C11H7FO2/c12-8-2-4-9-7(5-8)1-3-10(14-9)11-6-13-11/h2,4-5,10-11H,6H2/t10-,11-/m1/s1. The average Bonchev–Trinajstić information content (AvgIpc) is 3.00. The van der Waals surface area contributed by atoms with Gasteiger partial charge in [0.15, 0.2) is 6.10 Å². The molecule has 2 aliphatic rings. The summed E-state index contributed by atoms with van der Waals surface area (Å²) >= 11 is 0. The van der Waals surface area contributed by atoms with E-state index in [0.29, 0.717) is 17.9 Å². The molecule has 3 rings (SSSR count). The number of fused-ring (bicyclic) bond motifs is 1. The van der Waals surface area contributed by atoms with Crippen LogP contribution in [0, 0.1) is 17.7 Å². The average molecular weight is 190 g/mol. The fraction of sp³-hybridized carbons (Fsp3) is 0.273. The number of hydrogen-bond acceptors (Lipinski definition) is 2. The number of halogens is 1. The van der Waals surface area contributed by atoms with E-state index in [9.17, 15) is 4.39 Å². The number of rotatable bonds is 1. The molecular weight excluding hydrogens is 183 g/mol. The summed E-state index contributed by atoms with van der Waals surface area (Å²) in [5, 5.41) is 0. The zero-order valence-corrected chi connectivity index (χ0v) is 7.29. The topological polar surface area (TPSA) is 21.8 Å². The lowest BCUT2D eigenvalue weighted by Gasteiger charge is -2.16. The molecule has 2 aliphatic heterocycles. The zero-order chi connectivity index (χ0) is 9.54. The summed E-state index contributed by atoms with van der Waals surface area (Å²) in [4.78, 5) is 0. The van der Waals surface area contributed by atoms with Gasteiger partial charge in [-0.1, -0.05) is 11.8 Å². The van der Waals surface area contributed by atoms with Gasteiger partial charge in [0.2, 0.25) is 0 Å². The maximum Gasteiger partial charge on any atom is 0.187 e. The molecule has 1 fully saturated rings. The van der Waals surface area contributed by atoms with Crippen LogP contribution in [0.4, 0.5) is 4.39 Å². The third-order valence-electron chi connectivity index (χ3n) is 2.24. The predicted molar refractivity (Wildman–Crippen MR) is 47.4 cm³/mol. The van der Waals surface area contributed by atoms with Gasteiger partial charge in [-0.05, 0) is 18.2 Å². The van der Waals surface area contributed by atoms with Gasteiger partial charge in [0.05, 0.1) is 12.2 Å². The van der Waals surface area contributed by atoms with Crippen molar-refractivity contribution in [1.82, 2.24) is 0 Å². The Morgan fingerprint density at radius 1 is 1.43 bits per heavy atom. The van der Waals surface area contributed by atoms with E-state index in [-0.39, 0.29) is 18.0 Å². The van der Waals surface area contributed by atoms with E-state index in [1.807, 2.05) is 0 Å². The smallest absolute Gasteiger partial charge is 0.187 e. The highest BCUT2D eigenvalue weighted by atomic mass is 19.1. The second-order valence-electron chi connectivity index (χ2n) is 3.32. The zero-order valence-electron chi connectivity index (χ0n) is 7.29. The second-order valence-corrected chi connectivity index (χ2v) is 3.32. The molecule has 1 aromatic rings. The summed E-state index contributed by atoms with van der Waals surface area (Å²) in [6, 6.07) is 4.36. The van der Waals surface area contributed by atoms with Crippen LogP contribution >= 0.6 is 0 Å². The van der Waals surface area contributed by atoms with Gasteiger partial charge in [-0.2, -0.15) is 0 Å². The first-order chi connectivity index (χ1) is 6.83. The van der Waals surface area contributed by atoms with Crippen LogP contribution in [0.5, 0.6) is 5.75 Å². The SMILES string of the molecule is Fc1ccc2c(c1)C#C[C@H]([C@H]1CO1)O2. The third-order valence-corrected chi connectivity index (χ3v) is 2.24. The van der Waals surface area contributed by atoms with Gasteiger partial charge in [-0.3, -0.25) is 0 Å². The highest BCUT2D eigenvalue weighted by Crippen LogP contribution is 2.27. The van der Waals surface area contributed by atoms with E-state index in [1.165, 1.54) is 12.1 Å². The Hall–Kier alpha value is -1.53. The molecule has 0 N–H and O–H groups in total. The second kappa shape index (κ2) is 2.73. The molecule has 1 saturated heterocycles. The van der Waals surface area contributed by atoms with Crippen LogP contribution in [0.15, 0.2) is 18.2 Å². The summed E-state index contributed by atoms with van der Waals surface area (Å²) in [5.74, 6) is 6.14. The minimum absolute atomic E-state index is 0.0979. The Balaban J connectivity index is 1.97. The molecular formula is C11H7FO2. The quantitative estimate of drug-likeness (QED) is 0.492. The molecule has 2 nitrogen and oxygen atoms in total. The van der Waals surface area contributed by atoms with Gasteiger partial charge in [0.25, 0.3) is 0 Å². The maximum absolute atomic E-state index is 12.8. The summed E-state index contributed by atoms with van der Waals surface area (Å²) in [6.45, 7) is 0.704. The lowest BCUT2D eigenvalue weighted by molar-refractivity contribution is 0.205. The first-order valence-corrected chi connectivity index (χ1v) is 4.42. The molecule has 0 bridgehead atoms. The predicted octanol–water partition coefficient (Wildman–Crippen LogP) is 1.34. The molecule has 14 heavy (non-hydrogen) atoms. The Morgan fingerprint density at radius 2 is 2.29 bits per heavy atom. The van der Waals surface area contributed by atoms with Gasteiger partial charge < -0.3 is 9.47 Å². The summed E-state index contributed by atoms with van der Waals surface area (Å²) in [6.07, 6.45) is -0.0892. The summed E-state index contributed by atoms with van der Waals surface area (Å²) in [7, 11) is 0. The van der Waals surface area contributed by atoms with E-state index in [0.717, 1.165) is 0 Å². The van der Waals surface area contributed by atoms with Crippen LogP contribution in [0.1, 0.15) is 5.56 Å². The molecule has 0 amide bonds. The van der Waals surface area contributed by atoms with Crippen LogP contribution in [0.25, 0.3) is 0 Å². The highest BCUT2D eigenvalue weighted by Gasteiger charge is 2.34. The van der Waals surface area contributed by atoms with Crippen LogP contribution in [-0.4, -0.2) is 18.8 Å². The molecule has 0 aromatic heterocycles. The van der Waals surface area contributed by atoms with Gasteiger partial charge in [-0.25, -0.2) is 4.39 Å². The molecule has 0 radical (unpaired) electrons. The van der Waals surface area contributed by atoms with E-state index in [2.05, 4.69) is 11.8 Å². The molecule has 0 saturated carbocycles. The lowest BCUT2D eigenvalue weighted by atomic mass is 10.1. The molecule has 0 spiro atoms. The Morgan fingerprint density at radius 3 is 3.07 bits per heavy atom. The van der Waals surface area contributed by atoms with Crippen molar-refractivity contribution in [3.05, 3.63) is 29.6 Å². The van der Waals surface area contributed by atoms with Crippen molar-refractivity contribution in [1.29, 1.82) is 0 Å². The molecule has 70 valence electrons. The minimum Gasteiger partial charge on any atom is -0.474 e. The van der Waals surface area contributed by atoms with Gasteiger partial charge in [-0.15, -0.1) is 0 Å². The Kier molecular flexibility index (Phi) is 1.53. The minimum atomic E-state index is -0.289. The molecule has 1 aromatic carbocycles. The van der Waals surface area contributed by atoms with Crippen LogP contribution in [0.3, 0.4) is 0 Å². The summed E-state index contributed by atoms with van der Waals surface area (Å²) in [5.41, 5.74) is 0.613. The van der Waals surface area contributed by atoms with E-state index in [4.69, 9.17) is 9.47 Å². The number of hydrogen-bond donors (Lipinski definition) is 0. The Bertz CT molecular complexity index is 440. The molecule has 0 unspecified atom stereocenters. The largest absolute Gasteiger partial charge is 0.474 e. The van der Waals surface area contributed by atoms with E-state index in [1.54, 1.807) is 6.07 Å². The number of epoxide rings is 1. The van der Waals surface area contributed by atoms with Crippen molar-refractivity contribution in [2.24, 2.45) is 0 Å². The molecule has 3 heteroatoms. The van der Waals surface area contributed by atoms with Crippen molar-refractivity contribution in [3.63, 3.8) is 0 Å². The van der Waals surface area contributed by atoms with Gasteiger partial charge in [0.1, 0.15) is 17.7 Å². The first-order valence-electron chi connectivity index (χ1n) is 4.42. The van der Waals surface area contributed by atoms with Crippen LogP contribution in [-0.2, 0) is 4.74 Å². The van der Waals surface area contributed by atoms with Gasteiger partial charge >= 0.3 is 0 Å². The summed E-state index contributed by atoms with van der Waals surface area (Å²) < 4.78 is 23.4. The van der Waals surface area contributed by atoms with Crippen molar-refractivity contribution in [2.75, 3.05) is 6.61 Å². The Labute approximate surface area is 80.6 Å². The van der Waals surface area contributed by atoms with E-state index < -0.39 is 0 Å². The fourth-order valence-corrected chi connectivity index (χ4v) is 1.42.